The van der Waals surface area contributed by atoms with E-state index in [4.69, 9.17) is 0 Å². The van der Waals surface area contributed by atoms with Crippen molar-refractivity contribution in [1.82, 2.24) is 4.90 Å². The molecule has 0 radical (unpaired) electrons. The number of nitrogens with zero attached hydrogens (tertiary/aromatic N) is 1. The second kappa shape index (κ2) is 4.88. The Morgan fingerprint density at radius 1 is 1.67 bits per heavy atom. The van der Waals surface area contributed by atoms with Gasteiger partial charge in [0.25, 0.3) is 0 Å². The average molecular weight is 165 g/mol. The quantitative estimate of drug-likeness (QED) is 0.465. The van der Waals surface area contributed by atoms with Crippen LogP contribution in [-0.4, -0.2) is 30.8 Å². The Morgan fingerprint density at radius 3 is 3.17 bits per heavy atom. The lowest BCUT2D eigenvalue weighted by Crippen LogP contribution is -2.30. The van der Waals surface area contributed by atoms with Crippen molar-refractivity contribution in [3.8, 4) is 0 Å². The number of carbonyl (C=O) groups is 1. The Bertz CT molecular complexity index is 206. The summed E-state index contributed by atoms with van der Waals surface area (Å²) in [6.45, 7) is 4.86. The second-order valence-corrected chi connectivity index (χ2v) is 2.99. The summed E-state index contributed by atoms with van der Waals surface area (Å²) in [6.07, 6.45) is 8.15. The van der Waals surface area contributed by atoms with Gasteiger partial charge in [-0.05, 0) is 13.3 Å². The van der Waals surface area contributed by atoms with Crippen molar-refractivity contribution >= 4 is 6.29 Å². The van der Waals surface area contributed by atoms with E-state index in [0.717, 1.165) is 37.9 Å². The number of rotatable bonds is 3. The zero-order valence-corrected chi connectivity index (χ0v) is 7.49. The molecule has 0 aliphatic carbocycles. The molecule has 66 valence electrons. The molecule has 0 aromatic carbocycles. The highest BCUT2D eigenvalue weighted by Gasteiger charge is 2.09. The van der Waals surface area contributed by atoms with E-state index in [1.54, 1.807) is 0 Å². The molecule has 0 saturated heterocycles. The summed E-state index contributed by atoms with van der Waals surface area (Å²) in [7, 11) is 0. The lowest BCUT2D eigenvalue weighted by molar-refractivity contribution is -0.105. The van der Waals surface area contributed by atoms with Crippen LogP contribution in [0.15, 0.2) is 23.8 Å². The molecule has 0 aromatic rings. The second-order valence-electron chi connectivity index (χ2n) is 2.99. The fourth-order valence-electron chi connectivity index (χ4n) is 1.33. The van der Waals surface area contributed by atoms with Gasteiger partial charge in [-0.1, -0.05) is 18.2 Å². The Hall–Kier alpha value is -0.890. The Morgan fingerprint density at radius 2 is 2.50 bits per heavy atom. The number of hydrogen-bond acceptors (Lipinski definition) is 2. The zero-order chi connectivity index (χ0) is 8.81. The van der Waals surface area contributed by atoms with E-state index >= 15 is 0 Å². The minimum atomic E-state index is 0.813. The van der Waals surface area contributed by atoms with Crippen molar-refractivity contribution < 1.29 is 4.79 Å². The number of hydrogen-bond donors (Lipinski definition) is 0. The predicted octanol–water partition coefficient (Wildman–Crippen LogP) is 1.39. The summed E-state index contributed by atoms with van der Waals surface area (Å²) in [5.41, 5.74) is 0.922. The first-order valence-electron chi connectivity index (χ1n) is 4.34. The summed E-state index contributed by atoms with van der Waals surface area (Å²) in [5.74, 6) is 0. The van der Waals surface area contributed by atoms with Gasteiger partial charge in [-0.25, -0.2) is 0 Å². The maximum Gasteiger partial charge on any atom is 0.147 e. The Balaban J connectivity index is 2.40. The molecule has 0 fully saturated rings. The van der Waals surface area contributed by atoms with Gasteiger partial charge in [0.1, 0.15) is 6.29 Å². The molecule has 0 amide bonds. The number of carbonyl (C=O) groups excluding carboxylic acids is 1. The molecular weight excluding hydrogens is 150 g/mol. The van der Waals surface area contributed by atoms with Crippen molar-refractivity contribution in [2.24, 2.45) is 0 Å². The molecule has 0 saturated carbocycles. The van der Waals surface area contributed by atoms with Crippen molar-refractivity contribution in [2.45, 2.75) is 13.3 Å². The van der Waals surface area contributed by atoms with Crippen LogP contribution in [0, 0.1) is 0 Å². The molecule has 0 bridgehead atoms. The van der Waals surface area contributed by atoms with Crippen molar-refractivity contribution in [3.63, 3.8) is 0 Å². The number of aldehydes is 1. The fourth-order valence-corrected chi connectivity index (χ4v) is 1.33. The molecule has 1 aliphatic rings. The maximum absolute atomic E-state index is 10.5. The van der Waals surface area contributed by atoms with Crippen LogP contribution >= 0.6 is 0 Å². The minimum Gasteiger partial charge on any atom is -0.298 e. The van der Waals surface area contributed by atoms with Gasteiger partial charge in [-0.3, -0.25) is 9.69 Å². The van der Waals surface area contributed by atoms with Gasteiger partial charge in [0.2, 0.25) is 0 Å². The lowest BCUT2D eigenvalue weighted by Gasteiger charge is -2.23. The smallest absolute Gasteiger partial charge is 0.147 e. The van der Waals surface area contributed by atoms with Gasteiger partial charge in [0.05, 0.1) is 0 Å². The van der Waals surface area contributed by atoms with Gasteiger partial charge in [0, 0.05) is 25.2 Å². The minimum absolute atomic E-state index is 0.813. The first kappa shape index (κ1) is 9.20. The maximum atomic E-state index is 10.5. The van der Waals surface area contributed by atoms with Gasteiger partial charge in [0.15, 0.2) is 0 Å². The highest BCUT2D eigenvalue weighted by molar-refractivity contribution is 5.73. The van der Waals surface area contributed by atoms with Gasteiger partial charge < -0.3 is 0 Å². The highest BCUT2D eigenvalue weighted by Crippen LogP contribution is 2.06. The monoisotopic (exact) mass is 165 g/mol. The van der Waals surface area contributed by atoms with E-state index in [-0.39, 0.29) is 0 Å². The molecule has 1 rings (SSSR count). The topological polar surface area (TPSA) is 20.3 Å². The summed E-state index contributed by atoms with van der Waals surface area (Å²) in [6, 6.07) is 0. The van der Waals surface area contributed by atoms with E-state index < -0.39 is 0 Å². The average Bonchev–Trinajstić information content (AvgIpc) is 2.15. The van der Waals surface area contributed by atoms with Crippen LogP contribution in [-0.2, 0) is 4.79 Å². The van der Waals surface area contributed by atoms with Gasteiger partial charge >= 0.3 is 0 Å². The van der Waals surface area contributed by atoms with E-state index in [2.05, 4.69) is 11.0 Å². The molecule has 0 unspecified atom stereocenters. The van der Waals surface area contributed by atoms with Crippen LogP contribution in [0.25, 0.3) is 0 Å². The summed E-state index contributed by atoms with van der Waals surface area (Å²) in [5, 5.41) is 0. The first-order chi connectivity index (χ1) is 5.86. The fraction of sp³-hybridized carbons (Fsp3) is 0.500. The highest BCUT2D eigenvalue weighted by atomic mass is 16.1. The van der Waals surface area contributed by atoms with E-state index in [9.17, 15) is 4.79 Å². The third kappa shape index (κ3) is 2.62. The molecule has 2 nitrogen and oxygen atoms in total. The van der Waals surface area contributed by atoms with E-state index in [0.29, 0.717) is 0 Å². The number of allylic oxidation sites excluding steroid dienone is 1. The van der Waals surface area contributed by atoms with Gasteiger partial charge in [-0.2, -0.15) is 0 Å². The normalized spacial score (nSPS) is 19.6. The summed E-state index contributed by atoms with van der Waals surface area (Å²) >= 11 is 0. The summed E-state index contributed by atoms with van der Waals surface area (Å²) in [4.78, 5) is 12.7. The molecule has 0 aromatic heterocycles. The molecule has 1 heterocycles. The molecule has 0 N–H and O–H groups in total. The standard InChI is InChI=1S/C10H15NO/c1-2-3-6-11-7-4-5-10(8-11)9-12/h2-3,5,9H,4,6-8H2,1H3. The third-order valence-electron chi connectivity index (χ3n) is 2.01. The first-order valence-corrected chi connectivity index (χ1v) is 4.34. The van der Waals surface area contributed by atoms with Crippen LogP contribution < -0.4 is 0 Å². The van der Waals surface area contributed by atoms with Gasteiger partial charge in [-0.15, -0.1) is 0 Å². The van der Waals surface area contributed by atoms with E-state index in [1.165, 1.54) is 0 Å². The van der Waals surface area contributed by atoms with Crippen LogP contribution in [0.5, 0.6) is 0 Å². The molecule has 2 heteroatoms. The molecule has 0 atom stereocenters. The Labute approximate surface area is 73.6 Å². The largest absolute Gasteiger partial charge is 0.298 e. The molecule has 1 aliphatic heterocycles. The van der Waals surface area contributed by atoms with Crippen molar-refractivity contribution in [3.05, 3.63) is 23.8 Å². The zero-order valence-electron chi connectivity index (χ0n) is 7.49. The molecule has 12 heavy (non-hydrogen) atoms. The summed E-state index contributed by atoms with van der Waals surface area (Å²) < 4.78 is 0. The third-order valence-corrected chi connectivity index (χ3v) is 2.01. The Kier molecular flexibility index (Phi) is 3.74. The van der Waals surface area contributed by atoms with Crippen LogP contribution in [0.2, 0.25) is 0 Å². The van der Waals surface area contributed by atoms with Crippen molar-refractivity contribution in [2.75, 3.05) is 19.6 Å². The van der Waals surface area contributed by atoms with Crippen LogP contribution in [0.3, 0.4) is 0 Å². The SMILES string of the molecule is CC=CCN1CCC=C(C=O)C1. The molecule has 0 spiro atoms. The van der Waals surface area contributed by atoms with Crippen LogP contribution in [0.4, 0.5) is 0 Å². The molecular formula is C10H15NO. The van der Waals surface area contributed by atoms with Crippen molar-refractivity contribution in [1.29, 1.82) is 0 Å². The lowest BCUT2D eigenvalue weighted by atomic mass is 10.1. The predicted molar refractivity (Wildman–Crippen MR) is 50.0 cm³/mol. The van der Waals surface area contributed by atoms with E-state index in [1.807, 2.05) is 19.1 Å². The van der Waals surface area contributed by atoms with Crippen LogP contribution in [0.1, 0.15) is 13.3 Å².